The van der Waals surface area contributed by atoms with Crippen molar-refractivity contribution in [2.45, 2.75) is 6.92 Å². The second-order valence-electron chi connectivity index (χ2n) is 3.14. The van der Waals surface area contributed by atoms with E-state index in [9.17, 15) is 0 Å². The van der Waals surface area contributed by atoms with Gasteiger partial charge in [-0.3, -0.25) is 0 Å². The maximum Gasteiger partial charge on any atom is 0.123 e. The first-order valence-electron chi connectivity index (χ1n) is 5.02. The molecule has 1 rings (SSSR count). The molecule has 0 heterocycles. The van der Waals surface area contributed by atoms with Crippen molar-refractivity contribution in [3.63, 3.8) is 0 Å². The van der Waals surface area contributed by atoms with Gasteiger partial charge in [-0.15, -0.1) is 0 Å². The van der Waals surface area contributed by atoms with Gasteiger partial charge in [-0.2, -0.15) is 0 Å². The third-order valence-corrected chi connectivity index (χ3v) is 1.88. The summed E-state index contributed by atoms with van der Waals surface area (Å²) in [4.78, 5) is 0. The number of nitrogens with two attached hydrogens (primary N) is 1. The summed E-state index contributed by atoms with van der Waals surface area (Å²) >= 11 is 0. The van der Waals surface area contributed by atoms with Gasteiger partial charge in [0.2, 0.25) is 0 Å². The van der Waals surface area contributed by atoms with Gasteiger partial charge >= 0.3 is 0 Å². The predicted molar refractivity (Wildman–Crippen MR) is 62.4 cm³/mol. The zero-order valence-electron chi connectivity index (χ0n) is 9.25. The fourth-order valence-corrected chi connectivity index (χ4v) is 1.27. The number of ether oxygens (including phenoxy) is 2. The van der Waals surface area contributed by atoms with Gasteiger partial charge < -0.3 is 20.5 Å². The van der Waals surface area contributed by atoms with Crippen LogP contribution in [0, 0.1) is 0 Å². The molecule has 0 aliphatic carbocycles. The number of nitrogen functional groups attached to an aromatic ring is 1. The van der Waals surface area contributed by atoms with E-state index in [2.05, 4.69) is 5.32 Å². The van der Waals surface area contributed by atoms with Crippen LogP contribution in [0.5, 0.6) is 5.75 Å². The van der Waals surface area contributed by atoms with E-state index >= 15 is 0 Å². The number of hydrogen-bond acceptors (Lipinski definition) is 4. The molecule has 0 aliphatic rings. The molecular weight excluding hydrogens is 192 g/mol. The Hall–Kier alpha value is -1.42. The van der Waals surface area contributed by atoms with Crippen LogP contribution in [-0.2, 0) is 4.74 Å². The largest absolute Gasteiger partial charge is 0.494 e. The average molecular weight is 210 g/mol. The van der Waals surface area contributed by atoms with Crippen LogP contribution in [0.15, 0.2) is 18.2 Å². The molecule has 0 amide bonds. The molecule has 0 unspecified atom stereocenters. The van der Waals surface area contributed by atoms with Crippen LogP contribution in [0.25, 0.3) is 0 Å². The van der Waals surface area contributed by atoms with E-state index in [1.54, 1.807) is 7.11 Å². The molecule has 3 N–H and O–H groups in total. The first kappa shape index (κ1) is 11.7. The fraction of sp³-hybridized carbons (Fsp3) is 0.455. The summed E-state index contributed by atoms with van der Waals surface area (Å²) in [6.45, 7) is 4.01. The monoisotopic (exact) mass is 210 g/mol. The summed E-state index contributed by atoms with van der Waals surface area (Å²) in [6.07, 6.45) is 0. The minimum Gasteiger partial charge on any atom is -0.494 e. The van der Waals surface area contributed by atoms with Gasteiger partial charge in [0.1, 0.15) is 5.75 Å². The molecule has 4 heteroatoms. The molecular formula is C11H18N2O2. The number of hydrogen-bond donors (Lipinski definition) is 2. The van der Waals surface area contributed by atoms with Crippen molar-refractivity contribution < 1.29 is 9.47 Å². The minimum atomic E-state index is 0.640. The number of rotatable bonds is 6. The van der Waals surface area contributed by atoms with Gasteiger partial charge in [-0.25, -0.2) is 0 Å². The van der Waals surface area contributed by atoms with Crippen LogP contribution < -0.4 is 15.8 Å². The molecule has 0 atom stereocenters. The fourth-order valence-electron chi connectivity index (χ4n) is 1.27. The van der Waals surface area contributed by atoms with Crippen LogP contribution in [0.1, 0.15) is 6.92 Å². The molecule has 15 heavy (non-hydrogen) atoms. The maximum atomic E-state index is 5.74. The molecule has 0 aromatic heterocycles. The summed E-state index contributed by atoms with van der Waals surface area (Å²) in [5.74, 6) is 0.789. The van der Waals surface area contributed by atoms with E-state index in [1.165, 1.54) is 0 Å². The Labute approximate surface area is 90.4 Å². The standard InChI is InChI=1S/C11H18N2O2/c1-3-15-11-7-9(12)6-10(8-11)13-4-5-14-2/h6-8,13H,3-5,12H2,1-2H3. The van der Waals surface area contributed by atoms with Gasteiger partial charge in [0, 0.05) is 37.2 Å². The normalized spacial score (nSPS) is 10.0. The van der Waals surface area contributed by atoms with Crippen LogP contribution in [-0.4, -0.2) is 26.9 Å². The van der Waals surface area contributed by atoms with Crippen LogP contribution in [0.4, 0.5) is 11.4 Å². The summed E-state index contributed by atoms with van der Waals surface area (Å²) in [5, 5.41) is 3.20. The number of benzene rings is 1. The van der Waals surface area contributed by atoms with Gasteiger partial charge in [-0.1, -0.05) is 0 Å². The molecule has 84 valence electrons. The lowest BCUT2D eigenvalue weighted by Crippen LogP contribution is -2.08. The summed E-state index contributed by atoms with van der Waals surface area (Å²) in [7, 11) is 1.67. The van der Waals surface area contributed by atoms with Gasteiger partial charge in [0.25, 0.3) is 0 Å². The topological polar surface area (TPSA) is 56.5 Å². The Morgan fingerprint density at radius 1 is 1.33 bits per heavy atom. The second-order valence-corrected chi connectivity index (χ2v) is 3.14. The third-order valence-electron chi connectivity index (χ3n) is 1.88. The molecule has 0 spiro atoms. The van der Waals surface area contributed by atoms with Crippen molar-refractivity contribution >= 4 is 11.4 Å². The molecule has 1 aromatic rings. The number of methoxy groups -OCH3 is 1. The highest BCUT2D eigenvalue weighted by atomic mass is 16.5. The lowest BCUT2D eigenvalue weighted by molar-refractivity contribution is 0.211. The Morgan fingerprint density at radius 2 is 2.13 bits per heavy atom. The van der Waals surface area contributed by atoms with E-state index in [4.69, 9.17) is 15.2 Å². The SMILES string of the molecule is CCOc1cc(N)cc(NCCOC)c1. The molecule has 0 fully saturated rings. The molecule has 4 nitrogen and oxygen atoms in total. The Morgan fingerprint density at radius 3 is 2.80 bits per heavy atom. The van der Waals surface area contributed by atoms with E-state index in [0.717, 1.165) is 18.0 Å². The van der Waals surface area contributed by atoms with Crippen molar-refractivity contribution in [3.05, 3.63) is 18.2 Å². The smallest absolute Gasteiger partial charge is 0.123 e. The van der Waals surface area contributed by atoms with Gasteiger partial charge in [-0.05, 0) is 13.0 Å². The molecule has 0 saturated carbocycles. The average Bonchev–Trinajstić information content (AvgIpc) is 2.18. The first-order chi connectivity index (χ1) is 7.26. The van der Waals surface area contributed by atoms with Crippen LogP contribution in [0.2, 0.25) is 0 Å². The van der Waals surface area contributed by atoms with Gasteiger partial charge in [0.15, 0.2) is 0 Å². The van der Waals surface area contributed by atoms with Crippen molar-refractivity contribution in [1.29, 1.82) is 0 Å². The molecule has 1 aromatic carbocycles. The quantitative estimate of drug-likeness (QED) is 0.554. The third kappa shape index (κ3) is 4.08. The van der Waals surface area contributed by atoms with Gasteiger partial charge in [0.05, 0.1) is 13.2 Å². The number of nitrogens with one attached hydrogen (secondary N) is 1. The van der Waals surface area contributed by atoms with Crippen LogP contribution >= 0.6 is 0 Å². The maximum absolute atomic E-state index is 5.74. The van der Waals surface area contributed by atoms with Crippen molar-refractivity contribution in [2.24, 2.45) is 0 Å². The number of anilines is 2. The Balaban J connectivity index is 2.62. The summed E-state index contributed by atoms with van der Waals surface area (Å²) in [5.41, 5.74) is 7.39. The zero-order valence-corrected chi connectivity index (χ0v) is 9.25. The molecule has 0 aliphatic heterocycles. The molecule has 0 bridgehead atoms. The summed E-state index contributed by atoms with van der Waals surface area (Å²) in [6, 6.07) is 5.61. The highest BCUT2D eigenvalue weighted by Crippen LogP contribution is 2.22. The van der Waals surface area contributed by atoms with E-state index in [1.807, 2.05) is 25.1 Å². The second kappa shape index (κ2) is 6.14. The van der Waals surface area contributed by atoms with E-state index < -0.39 is 0 Å². The molecule has 0 saturated heterocycles. The lowest BCUT2D eigenvalue weighted by atomic mass is 10.2. The first-order valence-corrected chi connectivity index (χ1v) is 5.02. The minimum absolute atomic E-state index is 0.640. The van der Waals surface area contributed by atoms with Crippen molar-refractivity contribution in [2.75, 3.05) is 37.9 Å². The Bertz CT molecular complexity index is 303. The summed E-state index contributed by atoms with van der Waals surface area (Å²) < 4.78 is 10.3. The zero-order chi connectivity index (χ0) is 11.1. The van der Waals surface area contributed by atoms with Crippen molar-refractivity contribution in [1.82, 2.24) is 0 Å². The lowest BCUT2D eigenvalue weighted by Gasteiger charge is -2.09. The van der Waals surface area contributed by atoms with Crippen LogP contribution in [0.3, 0.4) is 0 Å². The van der Waals surface area contributed by atoms with E-state index in [0.29, 0.717) is 18.9 Å². The highest BCUT2D eigenvalue weighted by molar-refractivity contribution is 5.59. The van der Waals surface area contributed by atoms with E-state index in [-0.39, 0.29) is 0 Å². The predicted octanol–water partition coefficient (Wildman–Crippen LogP) is 1.73. The highest BCUT2D eigenvalue weighted by Gasteiger charge is 1.98. The molecule has 0 radical (unpaired) electrons. The Kier molecular flexibility index (Phi) is 4.77. The van der Waals surface area contributed by atoms with Crippen molar-refractivity contribution in [3.8, 4) is 5.75 Å².